The van der Waals surface area contributed by atoms with Crippen LogP contribution in [0.4, 0.5) is 10.8 Å². The zero-order valence-corrected chi connectivity index (χ0v) is 16.9. The highest BCUT2D eigenvalue weighted by atomic mass is 32.1. The molecule has 0 saturated heterocycles. The Labute approximate surface area is 171 Å². The Bertz CT molecular complexity index is 1050. The van der Waals surface area contributed by atoms with Crippen molar-refractivity contribution in [2.75, 3.05) is 19.0 Å². The van der Waals surface area contributed by atoms with Gasteiger partial charge in [0.2, 0.25) is 0 Å². The molecule has 9 heteroatoms. The first kappa shape index (κ1) is 20.3. The van der Waals surface area contributed by atoms with Crippen molar-refractivity contribution in [3.8, 4) is 22.8 Å². The number of amides is 1. The highest BCUT2D eigenvalue weighted by Gasteiger charge is 2.20. The summed E-state index contributed by atoms with van der Waals surface area (Å²) in [7, 11) is 1.60. The van der Waals surface area contributed by atoms with E-state index in [2.05, 4.69) is 10.3 Å². The zero-order chi connectivity index (χ0) is 21.0. The molecule has 3 aromatic rings. The number of nitro groups is 1. The molecule has 1 amide bonds. The minimum atomic E-state index is -0.572. The number of methoxy groups -OCH3 is 1. The van der Waals surface area contributed by atoms with Gasteiger partial charge in [-0.3, -0.25) is 20.2 Å². The lowest BCUT2D eigenvalue weighted by molar-refractivity contribution is -0.385. The number of nitrogens with one attached hydrogen (secondary N) is 1. The van der Waals surface area contributed by atoms with Gasteiger partial charge in [0.15, 0.2) is 10.9 Å². The van der Waals surface area contributed by atoms with Gasteiger partial charge in [-0.05, 0) is 50.2 Å². The molecule has 0 fully saturated rings. The monoisotopic (exact) mass is 413 g/mol. The molecule has 8 nitrogen and oxygen atoms in total. The van der Waals surface area contributed by atoms with Gasteiger partial charge in [-0.1, -0.05) is 0 Å². The number of nitrogens with zero attached hydrogens (tertiary/aromatic N) is 2. The van der Waals surface area contributed by atoms with E-state index in [0.29, 0.717) is 11.7 Å². The minimum absolute atomic E-state index is 0.126. The van der Waals surface area contributed by atoms with E-state index in [1.54, 1.807) is 14.0 Å². The van der Waals surface area contributed by atoms with Crippen molar-refractivity contribution in [1.29, 1.82) is 0 Å². The fourth-order valence-corrected chi connectivity index (χ4v) is 3.55. The Kier molecular flexibility index (Phi) is 6.08. The fraction of sp³-hybridized carbons (Fsp3) is 0.200. The van der Waals surface area contributed by atoms with E-state index in [9.17, 15) is 14.9 Å². The zero-order valence-electron chi connectivity index (χ0n) is 16.1. The first-order chi connectivity index (χ1) is 13.9. The summed E-state index contributed by atoms with van der Waals surface area (Å²) in [5.74, 6) is 0.388. The molecule has 29 heavy (non-hydrogen) atoms. The summed E-state index contributed by atoms with van der Waals surface area (Å²) < 4.78 is 10.4. The molecule has 0 unspecified atom stereocenters. The molecule has 3 rings (SSSR count). The second-order valence-corrected chi connectivity index (χ2v) is 7.18. The maximum Gasteiger partial charge on any atom is 0.311 e. The molecule has 1 aromatic heterocycles. The number of thiazole rings is 1. The number of aryl methyl sites for hydroxylation is 1. The van der Waals surface area contributed by atoms with Crippen LogP contribution in [0.25, 0.3) is 11.3 Å². The van der Waals surface area contributed by atoms with E-state index >= 15 is 0 Å². The third-order valence-corrected chi connectivity index (χ3v) is 4.98. The quantitative estimate of drug-likeness (QED) is 0.445. The second kappa shape index (κ2) is 8.70. The lowest BCUT2D eigenvalue weighted by Gasteiger charge is -2.06. The number of hydrogen-bond acceptors (Lipinski definition) is 7. The molecular formula is C20H19N3O5S. The van der Waals surface area contributed by atoms with Crippen LogP contribution < -0.4 is 14.8 Å². The minimum Gasteiger partial charge on any atom is -0.497 e. The maximum atomic E-state index is 12.6. The number of carbonyl (C=O) groups is 1. The van der Waals surface area contributed by atoms with Crippen LogP contribution in [0.15, 0.2) is 42.5 Å². The van der Waals surface area contributed by atoms with Crippen LogP contribution in [-0.2, 0) is 0 Å². The van der Waals surface area contributed by atoms with Crippen molar-refractivity contribution in [1.82, 2.24) is 4.98 Å². The fourth-order valence-electron chi connectivity index (χ4n) is 2.71. The van der Waals surface area contributed by atoms with Crippen LogP contribution in [0.3, 0.4) is 0 Å². The van der Waals surface area contributed by atoms with Crippen molar-refractivity contribution >= 4 is 28.1 Å². The van der Waals surface area contributed by atoms with Gasteiger partial charge in [-0.15, -0.1) is 11.3 Å². The number of ether oxygens (including phenoxy) is 2. The van der Waals surface area contributed by atoms with Crippen LogP contribution >= 0.6 is 11.3 Å². The number of aromatic nitrogens is 1. The Morgan fingerprint density at radius 2 is 1.97 bits per heavy atom. The molecule has 150 valence electrons. The van der Waals surface area contributed by atoms with E-state index in [1.165, 1.54) is 29.5 Å². The van der Waals surface area contributed by atoms with Crippen molar-refractivity contribution in [3.63, 3.8) is 0 Å². The summed E-state index contributed by atoms with van der Waals surface area (Å²) >= 11 is 1.33. The van der Waals surface area contributed by atoms with Gasteiger partial charge in [0.05, 0.1) is 24.3 Å². The summed E-state index contributed by atoms with van der Waals surface area (Å²) in [6, 6.07) is 11.6. The van der Waals surface area contributed by atoms with Crippen LogP contribution in [-0.4, -0.2) is 29.5 Å². The number of hydrogen-bond donors (Lipinski definition) is 1. The molecule has 2 aromatic carbocycles. The molecule has 0 atom stereocenters. The predicted molar refractivity (Wildman–Crippen MR) is 111 cm³/mol. The van der Waals surface area contributed by atoms with Crippen molar-refractivity contribution < 1.29 is 19.2 Å². The van der Waals surface area contributed by atoms with Crippen LogP contribution in [0.2, 0.25) is 0 Å². The number of carbonyl (C=O) groups excluding carboxylic acids is 1. The summed E-state index contributed by atoms with van der Waals surface area (Å²) in [4.78, 5) is 28.7. The lowest BCUT2D eigenvalue weighted by Crippen LogP contribution is -2.12. The summed E-state index contributed by atoms with van der Waals surface area (Å²) in [5.41, 5.74) is 1.55. The average Bonchev–Trinajstić information content (AvgIpc) is 3.08. The average molecular weight is 413 g/mol. The molecule has 0 aliphatic heterocycles. The van der Waals surface area contributed by atoms with E-state index in [4.69, 9.17) is 9.47 Å². The highest BCUT2D eigenvalue weighted by Crippen LogP contribution is 2.32. The van der Waals surface area contributed by atoms with Crippen LogP contribution in [0.5, 0.6) is 11.5 Å². The lowest BCUT2D eigenvalue weighted by atomic mass is 10.1. The number of benzene rings is 2. The SMILES string of the molecule is CCOc1ccc(C(=O)Nc2nc(-c3ccc(OC)cc3)c(C)s2)cc1[N+](=O)[O-]. The third kappa shape index (κ3) is 4.52. The van der Waals surface area contributed by atoms with E-state index in [1.807, 2.05) is 31.2 Å². The smallest absolute Gasteiger partial charge is 0.311 e. The van der Waals surface area contributed by atoms with E-state index in [0.717, 1.165) is 21.9 Å². The predicted octanol–water partition coefficient (Wildman–Crippen LogP) is 4.69. The van der Waals surface area contributed by atoms with Gasteiger partial charge < -0.3 is 9.47 Å². The summed E-state index contributed by atoms with van der Waals surface area (Å²) in [6.45, 7) is 3.93. The first-order valence-corrected chi connectivity index (χ1v) is 9.59. The second-order valence-electron chi connectivity index (χ2n) is 5.98. The molecule has 0 saturated carbocycles. The Morgan fingerprint density at radius 3 is 2.59 bits per heavy atom. The van der Waals surface area contributed by atoms with Crippen molar-refractivity contribution in [2.45, 2.75) is 13.8 Å². The molecule has 1 N–H and O–H groups in total. The molecule has 0 aliphatic rings. The van der Waals surface area contributed by atoms with Crippen molar-refractivity contribution in [3.05, 3.63) is 63.0 Å². The Balaban J connectivity index is 1.82. The van der Waals surface area contributed by atoms with Gasteiger partial charge in [-0.2, -0.15) is 0 Å². The molecule has 0 radical (unpaired) electrons. The molecule has 1 heterocycles. The Hall–Kier alpha value is -3.46. The Morgan fingerprint density at radius 1 is 1.24 bits per heavy atom. The van der Waals surface area contributed by atoms with Gasteiger partial charge in [0.1, 0.15) is 5.75 Å². The first-order valence-electron chi connectivity index (χ1n) is 8.77. The van der Waals surface area contributed by atoms with Gasteiger partial charge in [0.25, 0.3) is 5.91 Å². The van der Waals surface area contributed by atoms with Gasteiger partial charge in [0, 0.05) is 22.1 Å². The number of rotatable bonds is 7. The highest BCUT2D eigenvalue weighted by molar-refractivity contribution is 7.16. The van der Waals surface area contributed by atoms with Crippen LogP contribution in [0, 0.1) is 17.0 Å². The summed E-state index contributed by atoms with van der Waals surface area (Å²) in [5, 5.41) is 14.4. The molecular weight excluding hydrogens is 394 g/mol. The topological polar surface area (TPSA) is 104 Å². The van der Waals surface area contributed by atoms with E-state index < -0.39 is 10.8 Å². The summed E-state index contributed by atoms with van der Waals surface area (Å²) in [6.07, 6.45) is 0. The van der Waals surface area contributed by atoms with Crippen molar-refractivity contribution in [2.24, 2.45) is 0 Å². The standard InChI is InChI=1S/C20H19N3O5S/c1-4-28-17-10-7-14(11-16(17)23(25)26)19(24)22-20-21-18(12(2)29-20)13-5-8-15(27-3)9-6-13/h5-11H,4H2,1-3H3,(H,21,22,24). The molecule has 0 aliphatic carbocycles. The van der Waals surface area contributed by atoms with Gasteiger partial charge >= 0.3 is 5.69 Å². The molecule has 0 bridgehead atoms. The van der Waals surface area contributed by atoms with Crippen LogP contribution in [0.1, 0.15) is 22.2 Å². The number of anilines is 1. The molecule has 0 spiro atoms. The maximum absolute atomic E-state index is 12.6. The largest absolute Gasteiger partial charge is 0.497 e. The normalized spacial score (nSPS) is 10.4. The van der Waals surface area contributed by atoms with Gasteiger partial charge in [-0.25, -0.2) is 4.98 Å². The van der Waals surface area contributed by atoms with E-state index in [-0.39, 0.29) is 17.0 Å². The number of nitro benzene ring substituents is 1. The third-order valence-electron chi connectivity index (χ3n) is 4.10.